The van der Waals surface area contributed by atoms with Crippen molar-refractivity contribution in [2.75, 3.05) is 11.9 Å². The normalized spacial score (nSPS) is 14.2. The summed E-state index contributed by atoms with van der Waals surface area (Å²) in [6.45, 7) is 0. The first kappa shape index (κ1) is 30.6. The maximum atomic E-state index is 13.8. The average molecular weight is 838 g/mol. The molecule has 8 rings (SSSR count). The molecule has 2 aliphatic heterocycles. The van der Waals surface area contributed by atoms with Crippen LogP contribution >= 0.6 is 0 Å². The van der Waals surface area contributed by atoms with Crippen LogP contribution in [0.2, 0.25) is 0 Å². The summed E-state index contributed by atoms with van der Waals surface area (Å²) in [7, 11) is 1.43. The van der Waals surface area contributed by atoms with Crippen LogP contribution in [0.25, 0.3) is 0 Å². The topological polar surface area (TPSA) is 84.0 Å². The molecule has 0 aromatic heterocycles. The Morgan fingerprint density at radius 1 is 0.429 bits per heavy atom. The molecule has 0 N–H and O–H groups in total. The van der Waals surface area contributed by atoms with Gasteiger partial charge in [-0.2, -0.15) is 0 Å². The zero-order valence-electron chi connectivity index (χ0n) is 26.3. The second-order valence-electron chi connectivity index (χ2n) is 11.7. The number of ether oxygens (including phenoxy) is 1. The van der Waals surface area contributed by atoms with Gasteiger partial charge in [0, 0.05) is 7.05 Å². The predicted molar refractivity (Wildman–Crippen MR) is 191 cm³/mol. The van der Waals surface area contributed by atoms with E-state index >= 15 is 0 Å². The number of hydrogen-bond acceptors (Lipinski definition) is 5. The molecule has 6 aromatic carbocycles. The smallest absolute Gasteiger partial charge is 0.269 e. The van der Waals surface area contributed by atoms with Crippen molar-refractivity contribution in [1.82, 2.24) is 4.90 Å². The minimum absolute atomic E-state index is 0.227. The summed E-state index contributed by atoms with van der Waals surface area (Å²) in [5.41, 5.74) is 1.56. The molecule has 2 heterocycles. The van der Waals surface area contributed by atoms with Crippen LogP contribution in [-0.2, 0) is 0 Å². The molecule has 0 spiro atoms. The van der Waals surface area contributed by atoms with Crippen molar-refractivity contribution in [1.29, 1.82) is 0 Å². The van der Waals surface area contributed by atoms with Gasteiger partial charge in [0.2, 0.25) is 0 Å². The monoisotopic (exact) mass is 837 g/mol. The summed E-state index contributed by atoms with van der Waals surface area (Å²) in [5.74, 6) is -0.958. The first-order valence-corrected chi connectivity index (χ1v) is 22.0. The summed E-state index contributed by atoms with van der Waals surface area (Å²) in [6.07, 6.45) is 0. The average Bonchev–Trinajstić information content (AvgIpc) is 3.52. The number of rotatable bonds is 7. The van der Waals surface area contributed by atoms with Crippen LogP contribution < -0.4 is 22.5 Å². The molecule has 0 radical (unpaired) electrons. The fourth-order valence-corrected chi connectivity index (χ4v) is 21.6. The second-order valence-corrected chi connectivity index (χ2v) is 23.8. The van der Waals surface area contributed by atoms with Gasteiger partial charge in [-0.3, -0.25) is 14.5 Å². The van der Waals surface area contributed by atoms with E-state index in [1.807, 2.05) is 30.3 Å². The number of anilines is 1. The fraction of sp³-hybridized carbons (Fsp3) is 0.0244. The number of carbonyl (C=O) groups is 4. The van der Waals surface area contributed by atoms with Crippen LogP contribution in [0.15, 0.2) is 152 Å². The van der Waals surface area contributed by atoms with Crippen molar-refractivity contribution in [2.24, 2.45) is 0 Å². The molecule has 4 amide bonds. The molecular formula is C41H28N2O5Po. The Balaban J connectivity index is 1.14. The Hall–Kier alpha value is -5.70. The zero-order valence-corrected chi connectivity index (χ0v) is 29.5. The van der Waals surface area contributed by atoms with Gasteiger partial charge in [0.1, 0.15) is 0 Å². The number of hydrogen-bond donors (Lipinski definition) is 0. The molecule has 0 saturated heterocycles. The van der Waals surface area contributed by atoms with Gasteiger partial charge in [0.15, 0.2) is 0 Å². The molecule has 49 heavy (non-hydrogen) atoms. The molecule has 0 aliphatic carbocycles. The van der Waals surface area contributed by atoms with Gasteiger partial charge >= 0.3 is 238 Å². The summed E-state index contributed by atoms with van der Waals surface area (Å²) in [6, 6.07) is 49.2. The number of fused-ring (bicyclic) bond motifs is 2. The van der Waals surface area contributed by atoms with Crippen molar-refractivity contribution in [2.45, 2.75) is 0 Å². The van der Waals surface area contributed by atoms with Gasteiger partial charge in [-0.05, 0) is 6.07 Å². The number of imide groups is 2. The van der Waals surface area contributed by atoms with Crippen molar-refractivity contribution >= 4 is 62.8 Å². The van der Waals surface area contributed by atoms with Gasteiger partial charge in [0.25, 0.3) is 11.8 Å². The maximum absolute atomic E-state index is 13.8. The third kappa shape index (κ3) is 4.91. The van der Waals surface area contributed by atoms with Crippen LogP contribution in [0.5, 0.6) is 11.5 Å². The van der Waals surface area contributed by atoms with Crippen LogP contribution in [0.4, 0.5) is 5.69 Å². The van der Waals surface area contributed by atoms with E-state index in [2.05, 4.69) is 84.9 Å². The van der Waals surface area contributed by atoms with E-state index in [1.165, 1.54) is 37.0 Å². The molecule has 0 atom stereocenters. The van der Waals surface area contributed by atoms with Crippen LogP contribution in [0.1, 0.15) is 41.4 Å². The molecule has 2 aliphatic rings. The van der Waals surface area contributed by atoms with E-state index in [4.69, 9.17) is 4.74 Å². The summed E-state index contributed by atoms with van der Waals surface area (Å²) < 4.78 is 11.1. The van der Waals surface area contributed by atoms with Crippen LogP contribution in [0.3, 0.4) is 0 Å². The van der Waals surface area contributed by atoms with Gasteiger partial charge in [0.05, 0.1) is 11.1 Å². The van der Waals surface area contributed by atoms with Crippen LogP contribution in [0, 0.1) is 0 Å². The van der Waals surface area contributed by atoms with Gasteiger partial charge < -0.3 is 0 Å². The number of amides is 4. The van der Waals surface area contributed by atoms with Crippen molar-refractivity contribution in [3.63, 3.8) is 0 Å². The number of benzene rings is 6. The molecule has 0 unspecified atom stereocenters. The van der Waals surface area contributed by atoms with E-state index in [1.54, 1.807) is 24.3 Å². The van der Waals surface area contributed by atoms with Crippen LogP contribution in [-0.4, -0.2) is 56.1 Å². The number of carbonyl (C=O) groups excluding carboxylic acids is 4. The molecule has 6 aromatic rings. The van der Waals surface area contributed by atoms with Gasteiger partial charge in [-0.15, -0.1) is 0 Å². The Morgan fingerprint density at radius 2 is 0.816 bits per heavy atom. The Bertz CT molecular complexity index is 2190. The first-order chi connectivity index (χ1) is 23.9. The molecular weight excluding hydrogens is 809 g/mol. The van der Waals surface area contributed by atoms with Gasteiger partial charge in [-0.1, -0.05) is 0 Å². The standard InChI is InChI=1S/C23H13N2O5.3C6H5.Po/c1-24-20(26)16-9-7-14(11-18(16)21(24)27)30-15-8-10-17-19(12-15)23(29)25(22(17)28)13-5-3-2-4-6-13;3*1-2-4-6-5-3-1;/h3-12H,1H3;3*1-5H;. The molecule has 0 bridgehead atoms. The third-order valence-corrected chi connectivity index (χ3v) is 24.1. The van der Waals surface area contributed by atoms with E-state index < -0.39 is 38.3 Å². The summed E-state index contributed by atoms with van der Waals surface area (Å²) >= 11 is -3.82. The molecule has 8 heteroatoms. The minimum atomic E-state index is -3.82. The minimum Gasteiger partial charge on any atom is -0.269 e. The Labute approximate surface area is 287 Å². The zero-order chi connectivity index (χ0) is 33.7. The molecule has 0 fully saturated rings. The molecule has 7 nitrogen and oxygen atoms in total. The van der Waals surface area contributed by atoms with Crippen molar-refractivity contribution in [3.8, 4) is 11.5 Å². The van der Waals surface area contributed by atoms with Crippen molar-refractivity contribution in [3.05, 3.63) is 174 Å². The molecule has 238 valence electrons. The van der Waals surface area contributed by atoms with E-state index in [0.29, 0.717) is 22.7 Å². The van der Waals surface area contributed by atoms with E-state index in [-0.39, 0.29) is 22.6 Å². The summed E-state index contributed by atoms with van der Waals surface area (Å²) in [4.78, 5) is 54.5. The first-order valence-electron chi connectivity index (χ1n) is 15.6. The second kappa shape index (κ2) is 12.1. The quantitative estimate of drug-likeness (QED) is 0.214. The number of nitrogens with zero attached hydrogens (tertiary/aromatic N) is 2. The Kier molecular flexibility index (Phi) is 7.54. The van der Waals surface area contributed by atoms with E-state index in [9.17, 15) is 19.2 Å². The predicted octanol–water partition coefficient (Wildman–Crippen LogP) is 4.88. The third-order valence-electron chi connectivity index (χ3n) is 8.89. The Morgan fingerprint density at radius 3 is 1.31 bits per heavy atom. The molecule has 0 saturated carbocycles. The van der Waals surface area contributed by atoms with E-state index in [0.717, 1.165) is 4.90 Å². The fourth-order valence-electron chi connectivity index (χ4n) is 6.55. The SMILES string of the molecule is CN1C(=O)c2ccc(Oc3ccc4c(c3)C(=O)N(c3cc[c]([Po]([c]5ccccc5)([c]5ccccc5)[c]5ccccc5)cc3)C4=O)cc2C1=O. The summed E-state index contributed by atoms with van der Waals surface area (Å²) in [5, 5.41) is 0. The van der Waals surface area contributed by atoms with Gasteiger partial charge in [-0.25, -0.2) is 0 Å². The van der Waals surface area contributed by atoms with Crippen molar-refractivity contribution < 1.29 is 23.9 Å².